The molecule has 0 saturated carbocycles. The topological polar surface area (TPSA) is 95.5 Å². The lowest BCUT2D eigenvalue weighted by molar-refractivity contribution is -0.846. The lowest BCUT2D eigenvalue weighted by Crippen LogP contribution is -2.81. The van der Waals surface area contributed by atoms with Crippen LogP contribution in [0.15, 0.2) is 35.7 Å². The van der Waals surface area contributed by atoms with E-state index in [0.717, 1.165) is 19.6 Å². The predicted octanol–water partition coefficient (Wildman–Crippen LogP) is -0.848. The van der Waals surface area contributed by atoms with Crippen molar-refractivity contribution in [3.8, 4) is 0 Å². The van der Waals surface area contributed by atoms with Crippen molar-refractivity contribution < 1.29 is 25.0 Å². The molecule has 3 rings (SSSR count). The minimum Gasteiger partial charge on any atom is -0.379 e. The molecule has 7 heteroatoms. The molecule has 7 nitrogen and oxygen atoms in total. The van der Waals surface area contributed by atoms with Crippen LogP contribution in [-0.2, 0) is 4.74 Å². The van der Waals surface area contributed by atoms with E-state index in [1.54, 1.807) is 24.3 Å². The van der Waals surface area contributed by atoms with Crippen LogP contribution in [0.25, 0.3) is 0 Å². The van der Waals surface area contributed by atoms with Crippen molar-refractivity contribution in [1.82, 2.24) is 10.2 Å². The number of rotatable bonds is 5. The van der Waals surface area contributed by atoms with Crippen LogP contribution in [0.1, 0.15) is 20.7 Å². The Kier molecular flexibility index (Phi) is 4.82. The van der Waals surface area contributed by atoms with Gasteiger partial charge in [0.25, 0.3) is 5.78 Å². The van der Waals surface area contributed by atoms with Crippen molar-refractivity contribution in [2.45, 2.75) is 0 Å². The minimum atomic E-state index is -0.337. The first-order valence-corrected chi connectivity index (χ1v) is 7.66. The zero-order valence-electron chi connectivity index (χ0n) is 12.7. The molecule has 122 valence electrons. The summed E-state index contributed by atoms with van der Waals surface area (Å²) >= 11 is 0. The molecule has 0 aromatic heterocycles. The summed E-state index contributed by atoms with van der Waals surface area (Å²) in [5.74, 6) is -0.598. The highest BCUT2D eigenvalue weighted by Gasteiger charge is 2.35. The molecule has 1 saturated heterocycles. The second-order valence-corrected chi connectivity index (χ2v) is 5.50. The number of allylic oxidation sites excluding steroid dienone is 2. The maximum absolute atomic E-state index is 12.6. The Morgan fingerprint density at radius 1 is 1.13 bits per heavy atom. The Morgan fingerprint density at radius 3 is 2.43 bits per heavy atom. The van der Waals surface area contributed by atoms with E-state index in [1.807, 2.05) is 0 Å². The Labute approximate surface area is 133 Å². The molecule has 1 aliphatic carbocycles. The molecule has 0 spiro atoms. The summed E-state index contributed by atoms with van der Waals surface area (Å²) in [4.78, 5) is 27.2. The van der Waals surface area contributed by atoms with Gasteiger partial charge in [-0.2, -0.15) is 5.48 Å². The largest absolute Gasteiger partial charge is 0.379 e. The number of ketones is 2. The molecule has 1 aromatic carbocycles. The van der Waals surface area contributed by atoms with Gasteiger partial charge in [0.2, 0.25) is 11.5 Å². The molecular formula is C16H20N3O4+. The van der Waals surface area contributed by atoms with Crippen LogP contribution in [0, 0.1) is 0 Å². The van der Waals surface area contributed by atoms with E-state index in [-0.39, 0.29) is 23.0 Å². The molecule has 0 atom stereocenters. The Balaban J connectivity index is 1.73. The first kappa shape index (κ1) is 15.8. The zero-order valence-corrected chi connectivity index (χ0v) is 12.7. The van der Waals surface area contributed by atoms with Gasteiger partial charge in [-0.05, 0) is 0 Å². The first-order valence-electron chi connectivity index (χ1n) is 7.66. The van der Waals surface area contributed by atoms with Crippen LogP contribution in [-0.4, -0.2) is 61.1 Å². The molecule has 4 N–H and O–H groups in total. The number of nitrogens with zero attached hydrogens (tertiary/aromatic N) is 1. The average Bonchev–Trinajstić information content (AvgIpc) is 2.60. The second kappa shape index (κ2) is 7.01. The van der Waals surface area contributed by atoms with Crippen molar-refractivity contribution in [2.75, 3.05) is 39.4 Å². The van der Waals surface area contributed by atoms with Crippen LogP contribution in [0.4, 0.5) is 0 Å². The lowest BCUT2D eigenvalue weighted by Gasteiger charge is -2.27. The molecule has 0 radical (unpaired) electrons. The number of fused-ring (bicyclic) bond motifs is 1. The van der Waals surface area contributed by atoms with E-state index in [0.29, 0.717) is 36.4 Å². The van der Waals surface area contributed by atoms with Gasteiger partial charge in [-0.15, -0.1) is 0 Å². The average molecular weight is 318 g/mol. The van der Waals surface area contributed by atoms with E-state index in [4.69, 9.17) is 4.74 Å². The number of hydroxylamine groups is 1. The maximum atomic E-state index is 12.6. The fourth-order valence-electron chi connectivity index (χ4n) is 2.86. The third-order valence-electron chi connectivity index (χ3n) is 4.12. The summed E-state index contributed by atoms with van der Waals surface area (Å²) in [6.07, 6.45) is 0. The molecule has 1 heterocycles. The summed E-state index contributed by atoms with van der Waals surface area (Å²) in [6.45, 7) is 4.40. The minimum absolute atomic E-state index is 0.0238. The highest BCUT2D eigenvalue weighted by Crippen LogP contribution is 2.21. The monoisotopic (exact) mass is 318 g/mol. The maximum Gasteiger partial charge on any atom is 0.252 e. The molecular weight excluding hydrogens is 298 g/mol. The molecule has 1 aromatic rings. The van der Waals surface area contributed by atoms with Crippen molar-refractivity contribution in [1.29, 1.82) is 0 Å². The van der Waals surface area contributed by atoms with Crippen LogP contribution >= 0.6 is 0 Å². The number of hydrogen-bond donors (Lipinski definition) is 3. The Morgan fingerprint density at radius 2 is 1.78 bits per heavy atom. The van der Waals surface area contributed by atoms with Crippen molar-refractivity contribution in [3.63, 3.8) is 0 Å². The number of carbonyl (C=O) groups excluding carboxylic acids is 2. The molecule has 0 amide bonds. The normalized spacial score (nSPS) is 19.0. The number of carbonyl (C=O) groups is 2. The van der Waals surface area contributed by atoms with Gasteiger partial charge in [0.15, 0.2) is 5.70 Å². The number of hydrogen-bond acceptors (Lipinski definition) is 6. The van der Waals surface area contributed by atoms with Gasteiger partial charge in [0.05, 0.1) is 13.2 Å². The molecule has 1 aliphatic heterocycles. The van der Waals surface area contributed by atoms with Crippen LogP contribution < -0.4 is 10.8 Å². The molecule has 0 bridgehead atoms. The highest BCUT2D eigenvalue weighted by atomic mass is 16.5. The van der Waals surface area contributed by atoms with E-state index in [9.17, 15) is 14.8 Å². The van der Waals surface area contributed by atoms with Gasteiger partial charge < -0.3 is 10.1 Å². The first-order chi connectivity index (χ1) is 11.2. The van der Waals surface area contributed by atoms with Gasteiger partial charge in [0.1, 0.15) is 0 Å². The summed E-state index contributed by atoms with van der Waals surface area (Å²) in [5, 5.41) is 12.4. The quantitative estimate of drug-likeness (QED) is 0.612. The number of quaternary nitrogens is 1. The van der Waals surface area contributed by atoms with Gasteiger partial charge in [-0.3, -0.25) is 14.5 Å². The van der Waals surface area contributed by atoms with Crippen LogP contribution in [0.2, 0.25) is 0 Å². The van der Waals surface area contributed by atoms with Gasteiger partial charge in [-0.25, -0.2) is 5.21 Å². The third kappa shape index (κ3) is 3.18. The van der Waals surface area contributed by atoms with Gasteiger partial charge >= 0.3 is 0 Å². The smallest absolute Gasteiger partial charge is 0.252 e. The van der Waals surface area contributed by atoms with E-state index < -0.39 is 0 Å². The second-order valence-electron chi connectivity index (χ2n) is 5.50. The van der Waals surface area contributed by atoms with Crippen LogP contribution in [0.3, 0.4) is 0 Å². The summed E-state index contributed by atoms with van der Waals surface area (Å²) in [5.41, 5.74) is 1.61. The van der Waals surface area contributed by atoms with Crippen molar-refractivity contribution >= 4 is 11.6 Å². The number of morpholine rings is 1. The Bertz CT molecular complexity index is 650. The predicted molar refractivity (Wildman–Crippen MR) is 81.1 cm³/mol. The number of ether oxygens (including phenoxy) is 1. The molecule has 0 unspecified atom stereocenters. The van der Waals surface area contributed by atoms with Gasteiger partial charge in [0, 0.05) is 37.3 Å². The third-order valence-corrected chi connectivity index (χ3v) is 4.12. The standard InChI is InChI=1S/C16H19N3O4/c20-15-11-3-1-2-4-12(11)16(21)14(18-22)13(15)17-5-6-19-7-9-23-10-8-19/h1-4,17-18,22H,5-10H2/p+1. The van der Waals surface area contributed by atoms with E-state index >= 15 is 0 Å². The highest BCUT2D eigenvalue weighted by molar-refractivity contribution is 6.25. The zero-order chi connectivity index (χ0) is 16.2. The van der Waals surface area contributed by atoms with Crippen molar-refractivity contribution in [2.24, 2.45) is 0 Å². The lowest BCUT2D eigenvalue weighted by atomic mass is 9.90. The van der Waals surface area contributed by atoms with Crippen molar-refractivity contribution in [3.05, 3.63) is 46.8 Å². The summed E-state index contributed by atoms with van der Waals surface area (Å²) < 4.78 is 5.29. The van der Waals surface area contributed by atoms with Crippen LogP contribution in [0.5, 0.6) is 0 Å². The fraction of sp³-hybridized carbons (Fsp3) is 0.375. The number of nitrogens with two attached hydrogens (primary N) is 1. The number of benzene rings is 1. The molecule has 23 heavy (non-hydrogen) atoms. The molecule has 2 aliphatic rings. The van der Waals surface area contributed by atoms with Gasteiger partial charge in [-0.1, -0.05) is 24.3 Å². The van der Waals surface area contributed by atoms with E-state index in [1.165, 1.54) is 0 Å². The van der Waals surface area contributed by atoms with E-state index in [2.05, 4.69) is 10.2 Å². The fourth-order valence-corrected chi connectivity index (χ4v) is 2.86. The molecule has 1 fully saturated rings. The summed E-state index contributed by atoms with van der Waals surface area (Å²) in [7, 11) is 0. The summed E-state index contributed by atoms with van der Waals surface area (Å²) in [6, 6.07) is 6.66. The number of Topliss-reactive ketones (excluding diaryl/α,β-unsaturated/α-hetero) is 2. The SMILES string of the molecule is O=C1C(NCCN2CCOCC2)=C([NH2+]O)C(=O)c2ccccc21. The Hall–Kier alpha value is -2.06. The number of nitrogens with one attached hydrogen (secondary N) is 1.